The summed E-state index contributed by atoms with van der Waals surface area (Å²) in [6, 6.07) is 44.0. The van der Waals surface area contributed by atoms with Crippen LogP contribution in [0.3, 0.4) is 0 Å². The summed E-state index contributed by atoms with van der Waals surface area (Å²) >= 11 is 5.87. The Bertz CT molecular complexity index is 3570. The fourth-order valence-electron chi connectivity index (χ4n) is 12.9. The van der Waals surface area contributed by atoms with Gasteiger partial charge >= 0.3 is 0 Å². The third-order valence-electron chi connectivity index (χ3n) is 17.5. The molecule has 0 saturated carbocycles. The summed E-state index contributed by atoms with van der Waals surface area (Å²) in [5.74, 6) is 0. The first-order valence-corrected chi connectivity index (χ1v) is 34.5. The van der Waals surface area contributed by atoms with Crippen LogP contribution in [0.5, 0.6) is 0 Å². The molecule has 10 rings (SSSR count). The van der Waals surface area contributed by atoms with Crippen LogP contribution in [0.2, 0.25) is 0 Å². The minimum Gasteiger partial charge on any atom is -0.456 e. The van der Waals surface area contributed by atoms with E-state index in [-0.39, 0.29) is 0 Å². The quantitative estimate of drug-likeness (QED) is 0.0383. The molecule has 0 N–H and O–H groups in total. The van der Waals surface area contributed by atoms with Gasteiger partial charge in [0.1, 0.15) is 11.2 Å². The molecule has 4 heteroatoms. The normalized spacial score (nSPS) is 12.0. The number of furan rings is 1. The number of para-hydroxylation sites is 1. The van der Waals surface area contributed by atoms with Crippen molar-refractivity contribution in [3.05, 3.63) is 142 Å². The molecule has 6 aromatic carbocycles. The SMILES string of the molecule is CCCCCCCCc1cc(-c2cc(-c3ccc4sc5cc6oc7ccccc7c6cc5c4c3)cc(-c3cc(CCCCCCCC)c(-c4cc5sc(C)cc5s4)cc3CCCCCCCC)c2)c(CCCCCCCC)cc1C. The van der Waals surface area contributed by atoms with Crippen molar-refractivity contribution >= 4 is 85.5 Å². The Morgan fingerprint density at radius 2 is 0.812 bits per heavy atom. The first-order valence-electron chi connectivity index (χ1n) is 32.0. The average Bonchev–Trinajstić information content (AvgIpc) is 4.27. The number of hydrogen-bond acceptors (Lipinski definition) is 4. The van der Waals surface area contributed by atoms with Gasteiger partial charge in [-0.2, -0.15) is 0 Å². The minimum absolute atomic E-state index is 0.959. The van der Waals surface area contributed by atoms with E-state index in [4.69, 9.17) is 4.42 Å². The van der Waals surface area contributed by atoms with E-state index < -0.39 is 0 Å². The summed E-state index contributed by atoms with van der Waals surface area (Å²) in [6.07, 6.45) is 35.9. The van der Waals surface area contributed by atoms with Crippen molar-refractivity contribution in [3.8, 4) is 43.8 Å². The Morgan fingerprint density at radius 3 is 1.43 bits per heavy atom. The predicted octanol–water partition coefficient (Wildman–Crippen LogP) is 26.1. The molecular formula is C76H92OS3. The highest BCUT2D eigenvalue weighted by Crippen LogP contribution is 2.46. The van der Waals surface area contributed by atoms with Gasteiger partial charge in [0.05, 0.1) is 0 Å². The monoisotopic (exact) mass is 1120 g/mol. The van der Waals surface area contributed by atoms with Crippen molar-refractivity contribution in [2.75, 3.05) is 0 Å². The molecule has 0 radical (unpaired) electrons. The molecule has 0 fully saturated rings. The van der Waals surface area contributed by atoms with Crippen LogP contribution in [0.15, 0.2) is 114 Å². The molecule has 0 aliphatic carbocycles. The van der Waals surface area contributed by atoms with E-state index in [1.165, 1.54) is 265 Å². The highest BCUT2D eigenvalue weighted by atomic mass is 32.1. The lowest BCUT2D eigenvalue weighted by atomic mass is 9.84. The molecule has 1 nitrogen and oxygen atoms in total. The summed E-state index contributed by atoms with van der Waals surface area (Å²) < 4.78 is 11.9. The van der Waals surface area contributed by atoms with Gasteiger partial charge in [-0.3, -0.25) is 0 Å². The third-order valence-corrected chi connectivity index (χ3v) is 20.9. The van der Waals surface area contributed by atoms with Crippen LogP contribution >= 0.6 is 34.0 Å². The van der Waals surface area contributed by atoms with Gasteiger partial charge in [0.2, 0.25) is 0 Å². The lowest BCUT2D eigenvalue weighted by Crippen LogP contribution is -2.00. The molecule has 0 spiro atoms. The minimum atomic E-state index is 0.959. The molecule has 0 unspecified atom stereocenters. The molecule has 80 heavy (non-hydrogen) atoms. The Hall–Kier alpha value is -5.00. The van der Waals surface area contributed by atoms with Crippen LogP contribution < -0.4 is 0 Å². The standard InChI is InChI=1S/C76H92OS3/c1-7-11-15-19-23-27-33-55-46-64(57(41-53(55)5)34-28-24-20-16-12-8-2)61-43-60(56-39-40-72-68(47-56)69-50-67-63-37-31-32-38-70(63)77-71(67)51-73(69)79-72)44-62(45-61)65-48-59(36-30-26-22-18-14-10-4)66(49-58(65)35-29-25-21-17-13-9-3)74-52-76-75(80-74)42-54(6)78-76/h31-32,37-52H,7-30,33-36H2,1-6H3. The van der Waals surface area contributed by atoms with Crippen LogP contribution in [0.1, 0.15) is 214 Å². The summed E-state index contributed by atoms with van der Waals surface area (Å²) in [5.41, 5.74) is 19.3. The number of thiophene rings is 3. The van der Waals surface area contributed by atoms with Crippen LogP contribution in [-0.4, -0.2) is 0 Å². The van der Waals surface area contributed by atoms with E-state index in [9.17, 15) is 0 Å². The molecule has 0 amide bonds. The Labute approximate surface area is 493 Å². The topological polar surface area (TPSA) is 13.1 Å². The van der Waals surface area contributed by atoms with E-state index >= 15 is 0 Å². The molecule has 0 aliphatic rings. The number of rotatable bonds is 32. The smallest absolute Gasteiger partial charge is 0.136 e. The number of fused-ring (bicyclic) bond motifs is 7. The van der Waals surface area contributed by atoms with Crippen molar-refractivity contribution in [1.82, 2.24) is 0 Å². The zero-order chi connectivity index (χ0) is 55.2. The van der Waals surface area contributed by atoms with Crippen molar-refractivity contribution in [1.29, 1.82) is 0 Å². The van der Waals surface area contributed by atoms with Crippen LogP contribution in [-0.2, 0) is 25.7 Å². The molecular weight excluding hydrogens is 1030 g/mol. The first kappa shape index (κ1) is 58.2. The van der Waals surface area contributed by atoms with Gasteiger partial charge in [0, 0.05) is 50.1 Å². The molecule has 0 bridgehead atoms. The lowest BCUT2D eigenvalue weighted by Gasteiger charge is -2.20. The number of hydrogen-bond donors (Lipinski definition) is 0. The summed E-state index contributed by atoms with van der Waals surface area (Å²) in [6.45, 7) is 14.0. The Balaban J connectivity index is 1.15. The van der Waals surface area contributed by atoms with Crippen molar-refractivity contribution in [2.45, 2.75) is 221 Å². The van der Waals surface area contributed by atoms with Gasteiger partial charge in [-0.1, -0.05) is 199 Å². The van der Waals surface area contributed by atoms with Crippen molar-refractivity contribution in [3.63, 3.8) is 0 Å². The maximum absolute atomic E-state index is 6.43. The number of unbranched alkanes of at least 4 members (excludes halogenated alkanes) is 20. The van der Waals surface area contributed by atoms with E-state index in [1.54, 1.807) is 5.56 Å². The molecule has 0 atom stereocenters. The van der Waals surface area contributed by atoms with Gasteiger partial charge in [-0.25, -0.2) is 0 Å². The lowest BCUT2D eigenvalue weighted by molar-refractivity contribution is 0.605. The fraction of sp³-hybridized carbons (Fsp3) is 0.447. The van der Waals surface area contributed by atoms with Crippen LogP contribution in [0, 0.1) is 13.8 Å². The number of benzene rings is 6. The van der Waals surface area contributed by atoms with Gasteiger partial charge in [-0.15, -0.1) is 34.0 Å². The average molecular weight is 1120 g/mol. The molecule has 4 heterocycles. The highest BCUT2D eigenvalue weighted by Gasteiger charge is 2.21. The van der Waals surface area contributed by atoms with E-state index in [0.717, 1.165) is 36.8 Å². The van der Waals surface area contributed by atoms with Gasteiger partial charge in [-0.05, 0) is 199 Å². The zero-order valence-corrected chi connectivity index (χ0v) is 52.3. The summed E-state index contributed by atoms with van der Waals surface area (Å²) in [7, 11) is 0. The maximum atomic E-state index is 6.43. The Kier molecular flexibility index (Phi) is 21.0. The molecule has 10 aromatic rings. The number of aryl methyl sites for hydroxylation is 6. The summed E-state index contributed by atoms with van der Waals surface area (Å²) in [5, 5.41) is 5.05. The highest BCUT2D eigenvalue weighted by molar-refractivity contribution is 7.29. The zero-order valence-electron chi connectivity index (χ0n) is 49.8. The summed E-state index contributed by atoms with van der Waals surface area (Å²) in [4.78, 5) is 2.86. The van der Waals surface area contributed by atoms with E-state index in [2.05, 4.69) is 151 Å². The second kappa shape index (κ2) is 28.8. The van der Waals surface area contributed by atoms with Gasteiger partial charge in [0.25, 0.3) is 0 Å². The second-order valence-electron chi connectivity index (χ2n) is 23.9. The molecule has 0 saturated heterocycles. The van der Waals surface area contributed by atoms with Gasteiger partial charge in [0.15, 0.2) is 0 Å². The van der Waals surface area contributed by atoms with Crippen LogP contribution in [0.25, 0.3) is 95.3 Å². The second-order valence-corrected chi connectivity index (χ2v) is 27.4. The third kappa shape index (κ3) is 14.2. The van der Waals surface area contributed by atoms with E-state index in [0.29, 0.717) is 0 Å². The van der Waals surface area contributed by atoms with Crippen molar-refractivity contribution < 1.29 is 4.42 Å². The Morgan fingerprint density at radius 1 is 0.312 bits per heavy atom. The van der Waals surface area contributed by atoms with Gasteiger partial charge < -0.3 is 4.42 Å². The predicted molar refractivity (Wildman–Crippen MR) is 359 cm³/mol. The van der Waals surface area contributed by atoms with E-state index in [1.807, 2.05) is 34.0 Å². The molecule has 420 valence electrons. The fourth-order valence-corrected chi connectivity index (χ4v) is 16.4. The van der Waals surface area contributed by atoms with Crippen LogP contribution in [0.4, 0.5) is 0 Å². The van der Waals surface area contributed by atoms with Crippen molar-refractivity contribution in [2.24, 2.45) is 0 Å². The molecule has 4 aromatic heterocycles. The maximum Gasteiger partial charge on any atom is 0.136 e. The molecule has 0 aliphatic heterocycles. The first-order chi connectivity index (χ1) is 39.3. The largest absolute Gasteiger partial charge is 0.456 e.